The van der Waals surface area contributed by atoms with Crippen LogP contribution in [0.15, 0.2) is 54.3 Å². The lowest BCUT2D eigenvalue weighted by Gasteiger charge is -2.18. The van der Waals surface area contributed by atoms with Crippen LogP contribution in [0.1, 0.15) is 64.3 Å². The first-order chi connectivity index (χ1) is 16.6. The largest absolute Gasteiger partial charge is 0.492 e. The van der Waals surface area contributed by atoms with E-state index in [4.69, 9.17) is 10.5 Å². The summed E-state index contributed by atoms with van der Waals surface area (Å²) in [5.41, 5.74) is 11.5. The summed E-state index contributed by atoms with van der Waals surface area (Å²) in [7, 11) is 0. The molecule has 2 atom stereocenters. The van der Waals surface area contributed by atoms with Crippen molar-refractivity contribution in [2.75, 3.05) is 13.2 Å². The van der Waals surface area contributed by atoms with Gasteiger partial charge in [-0.3, -0.25) is 4.68 Å². The van der Waals surface area contributed by atoms with Crippen LogP contribution in [0.2, 0.25) is 0 Å². The van der Waals surface area contributed by atoms with Crippen LogP contribution in [0.3, 0.4) is 0 Å². The normalized spacial score (nSPS) is 22.9. The third-order valence-electron chi connectivity index (χ3n) is 6.30. The maximum Gasteiger partial charge on any atom is 0.129 e. The van der Waals surface area contributed by atoms with Gasteiger partial charge >= 0.3 is 0 Å². The van der Waals surface area contributed by atoms with Gasteiger partial charge in [0, 0.05) is 30.8 Å². The number of nitrogens with zero attached hydrogens (tertiary/aromatic N) is 2. The van der Waals surface area contributed by atoms with Gasteiger partial charge in [0.25, 0.3) is 0 Å². The van der Waals surface area contributed by atoms with Crippen LogP contribution in [-0.2, 0) is 13.0 Å². The molecule has 2 unspecified atom stereocenters. The van der Waals surface area contributed by atoms with E-state index in [0.717, 1.165) is 42.6 Å². The lowest BCUT2D eigenvalue weighted by atomic mass is 9.91. The van der Waals surface area contributed by atoms with Gasteiger partial charge < -0.3 is 10.5 Å². The third-order valence-corrected chi connectivity index (χ3v) is 6.30. The van der Waals surface area contributed by atoms with E-state index in [0.29, 0.717) is 24.8 Å². The van der Waals surface area contributed by atoms with Crippen molar-refractivity contribution in [1.29, 1.82) is 0 Å². The predicted molar refractivity (Wildman–Crippen MR) is 144 cm³/mol. The minimum atomic E-state index is -0.287. The maximum absolute atomic E-state index is 14.2. The van der Waals surface area contributed by atoms with Gasteiger partial charge in [0.15, 0.2) is 0 Å². The zero-order chi connectivity index (χ0) is 25.6. The standard InChI is InChI=1S/C30H42FN3O/c1-21-7-11-27(22(2)8-9-24(17-21)13-15-32)28-12-10-26(31)18-29(28)35-16-14-25-19-34(33-23(25)3)20-30(4,5)6/h8-12,17-19,21-22H,7,13-16,20,32H2,1-6H3/b9-8-,24-17+,27-11-. The van der Waals surface area contributed by atoms with Crippen molar-refractivity contribution >= 4 is 5.57 Å². The Morgan fingerprint density at radius 3 is 2.69 bits per heavy atom. The molecule has 5 heteroatoms. The molecule has 3 rings (SSSR count). The summed E-state index contributed by atoms with van der Waals surface area (Å²) >= 11 is 0. The van der Waals surface area contributed by atoms with Crippen LogP contribution in [0.25, 0.3) is 5.57 Å². The Morgan fingerprint density at radius 2 is 1.97 bits per heavy atom. The van der Waals surface area contributed by atoms with Gasteiger partial charge in [-0.1, -0.05) is 64.5 Å². The number of allylic oxidation sites excluding steroid dienone is 5. The number of aromatic nitrogens is 2. The molecule has 1 aromatic heterocycles. The Labute approximate surface area is 210 Å². The Kier molecular flexibility index (Phi) is 9.12. The molecule has 35 heavy (non-hydrogen) atoms. The Hall–Kier alpha value is -2.66. The molecule has 0 fully saturated rings. The van der Waals surface area contributed by atoms with Crippen LogP contribution < -0.4 is 10.5 Å². The van der Waals surface area contributed by atoms with Gasteiger partial charge in [0.2, 0.25) is 0 Å². The summed E-state index contributed by atoms with van der Waals surface area (Å²) in [6.07, 6.45) is 13.6. The zero-order valence-corrected chi connectivity index (χ0v) is 22.3. The SMILES string of the molecule is Cc1nn(CC(C)(C)C)cc1CCOc1cc(F)ccc1/C1=C\CC(C)/C=C(CCN)\C=C/C1C. The molecule has 1 aliphatic rings. The number of halogens is 1. The van der Waals surface area contributed by atoms with E-state index in [1.165, 1.54) is 23.3 Å². The van der Waals surface area contributed by atoms with Crippen LogP contribution in [0.5, 0.6) is 5.75 Å². The molecule has 4 nitrogen and oxygen atoms in total. The highest BCUT2D eigenvalue weighted by atomic mass is 19.1. The van der Waals surface area contributed by atoms with Gasteiger partial charge in [-0.25, -0.2) is 4.39 Å². The molecular formula is C30H42FN3O. The second-order valence-corrected chi connectivity index (χ2v) is 11.0. The van der Waals surface area contributed by atoms with Crippen molar-refractivity contribution < 1.29 is 9.13 Å². The zero-order valence-electron chi connectivity index (χ0n) is 22.3. The maximum atomic E-state index is 14.2. The highest BCUT2D eigenvalue weighted by Crippen LogP contribution is 2.35. The Morgan fingerprint density at radius 1 is 1.20 bits per heavy atom. The Bertz CT molecular complexity index is 1090. The van der Waals surface area contributed by atoms with Gasteiger partial charge in [0.05, 0.1) is 12.3 Å². The highest BCUT2D eigenvalue weighted by molar-refractivity contribution is 5.73. The molecule has 2 aromatic rings. The molecule has 0 saturated carbocycles. The predicted octanol–water partition coefficient (Wildman–Crippen LogP) is 6.89. The Balaban J connectivity index is 1.78. The monoisotopic (exact) mass is 479 g/mol. The van der Waals surface area contributed by atoms with E-state index in [9.17, 15) is 4.39 Å². The molecule has 2 N–H and O–H groups in total. The minimum Gasteiger partial charge on any atom is -0.492 e. The summed E-state index contributed by atoms with van der Waals surface area (Å²) in [5.74, 6) is 0.884. The molecule has 1 heterocycles. The number of ether oxygens (including phenoxy) is 1. The molecule has 1 aliphatic carbocycles. The van der Waals surface area contributed by atoms with E-state index in [2.05, 4.69) is 70.2 Å². The topological polar surface area (TPSA) is 53.1 Å². The van der Waals surface area contributed by atoms with Crippen molar-refractivity contribution in [3.63, 3.8) is 0 Å². The van der Waals surface area contributed by atoms with E-state index in [1.807, 2.05) is 17.7 Å². The number of rotatable bonds is 8. The van der Waals surface area contributed by atoms with Crippen molar-refractivity contribution in [1.82, 2.24) is 9.78 Å². The third kappa shape index (κ3) is 7.93. The average molecular weight is 480 g/mol. The summed E-state index contributed by atoms with van der Waals surface area (Å²) in [6, 6.07) is 4.88. The molecule has 0 saturated heterocycles. The van der Waals surface area contributed by atoms with Crippen molar-refractivity contribution in [2.24, 2.45) is 23.0 Å². The van der Waals surface area contributed by atoms with Crippen molar-refractivity contribution in [2.45, 2.75) is 67.3 Å². The first-order valence-electron chi connectivity index (χ1n) is 12.8. The second-order valence-electron chi connectivity index (χ2n) is 11.0. The first kappa shape index (κ1) is 26.9. The molecule has 190 valence electrons. The highest BCUT2D eigenvalue weighted by Gasteiger charge is 2.18. The molecule has 1 aromatic carbocycles. The first-order valence-corrected chi connectivity index (χ1v) is 12.8. The molecule has 0 aliphatic heterocycles. The lowest BCUT2D eigenvalue weighted by molar-refractivity contribution is 0.317. The summed E-state index contributed by atoms with van der Waals surface area (Å²) in [5, 5.41) is 4.66. The fraction of sp³-hybridized carbons (Fsp3) is 0.500. The van der Waals surface area contributed by atoms with Crippen LogP contribution >= 0.6 is 0 Å². The van der Waals surface area contributed by atoms with Crippen molar-refractivity contribution in [3.05, 3.63) is 76.9 Å². The van der Waals surface area contributed by atoms with Gasteiger partial charge in [-0.2, -0.15) is 5.10 Å². The molecule has 0 bridgehead atoms. The number of benzene rings is 1. The molecule has 0 amide bonds. The average Bonchev–Trinajstić information content (AvgIpc) is 3.12. The van der Waals surface area contributed by atoms with E-state index in [-0.39, 0.29) is 17.2 Å². The van der Waals surface area contributed by atoms with Gasteiger partial charge in [-0.15, -0.1) is 0 Å². The fourth-order valence-corrected chi connectivity index (χ4v) is 4.54. The van der Waals surface area contributed by atoms with Crippen molar-refractivity contribution in [3.8, 4) is 5.75 Å². The number of aryl methyl sites for hydroxylation is 1. The number of hydrogen-bond donors (Lipinski definition) is 1. The minimum absolute atomic E-state index is 0.163. The number of hydrogen-bond acceptors (Lipinski definition) is 3. The summed E-state index contributed by atoms with van der Waals surface area (Å²) in [6.45, 7) is 15.0. The van der Waals surface area contributed by atoms with Crippen LogP contribution in [0.4, 0.5) is 4.39 Å². The lowest BCUT2D eigenvalue weighted by Crippen LogP contribution is -2.15. The number of nitrogens with two attached hydrogens (primary N) is 1. The van der Waals surface area contributed by atoms with E-state index < -0.39 is 0 Å². The smallest absolute Gasteiger partial charge is 0.129 e. The molecule has 0 radical (unpaired) electrons. The summed E-state index contributed by atoms with van der Waals surface area (Å²) < 4.78 is 22.5. The van der Waals surface area contributed by atoms with Crippen LogP contribution in [0, 0.1) is 30.0 Å². The summed E-state index contributed by atoms with van der Waals surface area (Å²) in [4.78, 5) is 0. The van der Waals surface area contributed by atoms with E-state index in [1.54, 1.807) is 0 Å². The quantitative estimate of drug-likeness (QED) is 0.448. The molecular weight excluding hydrogens is 437 g/mol. The van der Waals surface area contributed by atoms with Gasteiger partial charge in [-0.05, 0) is 66.8 Å². The fourth-order valence-electron chi connectivity index (χ4n) is 4.54. The van der Waals surface area contributed by atoms with Crippen LogP contribution in [-0.4, -0.2) is 22.9 Å². The molecule has 0 spiro atoms. The van der Waals surface area contributed by atoms with Gasteiger partial charge in [0.1, 0.15) is 11.6 Å². The van der Waals surface area contributed by atoms with E-state index >= 15 is 0 Å². The second kappa shape index (κ2) is 11.9.